The molecule has 0 radical (unpaired) electrons. The van der Waals surface area contributed by atoms with Crippen LogP contribution >= 0.6 is 0 Å². The van der Waals surface area contributed by atoms with Crippen LogP contribution in [-0.2, 0) is 6.54 Å². The topological polar surface area (TPSA) is 83.6 Å². The minimum atomic E-state index is -0.458. The van der Waals surface area contributed by atoms with Crippen LogP contribution in [0.1, 0.15) is 67.2 Å². The minimum absolute atomic E-state index is 0.0692. The molecule has 0 saturated carbocycles. The normalized spacial score (nSPS) is 12.5. The number of rotatable bonds is 13. The van der Waals surface area contributed by atoms with Crippen LogP contribution in [0.25, 0.3) is 10.9 Å². The zero-order valence-electron chi connectivity index (χ0n) is 21.3. The molecular formula is C27H38N2O5. The van der Waals surface area contributed by atoms with Crippen molar-refractivity contribution in [3.05, 3.63) is 62.0 Å². The summed E-state index contributed by atoms with van der Waals surface area (Å²) in [5.41, 5.74) is 2.55. The standard InChI is InChI=1S/C27H38N2O5/c1-7-10-21(6)18-34-26-25(33-16-15-20(5)12-9-11-19(3)4)23-14-13-22(29(31)32)17-24(23)28(8-2)27(26)30/h11,13-15,17,21H,7-10,12,16,18H2,1-6H3. The Morgan fingerprint density at radius 1 is 1.15 bits per heavy atom. The average Bonchev–Trinajstić information content (AvgIpc) is 2.78. The molecule has 0 N–H and O–H groups in total. The number of nitro groups is 1. The van der Waals surface area contributed by atoms with Crippen molar-refractivity contribution < 1.29 is 14.4 Å². The van der Waals surface area contributed by atoms with E-state index >= 15 is 0 Å². The molecule has 0 fully saturated rings. The third-order valence-electron chi connectivity index (χ3n) is 5.73. The summed E-state index contributed by atoms with van der Waals surface area (Å²) in [6.45, 7) is 13.3. The SMILES string of the molecule is CCCC(C)COc1c(OCC=C(C)CCC=C(C)C)c2ccc([N+](=O)[O-])cc2n(CC)c1=O. The first-order valence-electron chi connectivity index (χ1n) is 12.1. The Morgan fingerprint density at radius 3 is 2.50 bits per heavy atom. The summed E-state index contributed by atoms with van der Waals surface area (Å²) >= 11 is 0. The van der Waals surface area contributed by atoms with E-state index in [2.05, 4.69) is 40.7 Å². The van der Waals surface area contributed by atoms with E-state index in [4.69, 9.17) is 9.47 Å². The van der Waals surface area contributed by atoms with Crippen LogP contribution in [0.5, 0.6) is 11.5 Å². The van der Waals surface area contributed by atoms with Crippen molar-refractivity contribution in [3.63, 3.8) is 0 Å². The fourth-order valence-corrected chi connectivity index (χ4v) is 3.84. The lowest BCUT2D eigenvalue weighted by atomic mass is 10.1. The first-order valence-corrected chi connectivity index (χ1v) is 12.1. The lowest BCUT2D eigenvalue weighted by Gasteiger charge is -2.19. The van der Waals surface area contributed by atoms with Crippen LogP contribution in [0.4, 0.5) is 5.69 Å². The number of hydrogen-bond donors (Lipinski definition) is 0. The Balaban J connectivity index is 2.48. The Hall–Kier alpha value is -3.09. The molecule has 0 aliphatic heterocycles. The van der Waals surface area contributed by atoms with Crippen molar-refractivity contribution >= 4 is 16.6 Å². The monoisotopic (exact) mass is 470 g/mol. The fourth-order valence-electron chi connectivity index (χ4n) is 3.84. The lowest BCUT2D eigenvalue weighted by molar-refractivity contribution is -0.384. The van der Waals surface area contributed by atoms with Crippen LogP contribution in [0, 0.1) is 16.0 Å². The highest BCUT2D eigenvalue weighted by Gasteiger charge is 2.22. The minimum Gasteiger partial charge on any atom is -0.485 e. The number of pyridine rings is 1. The van der Waals surface area contributed by atoms with Crippen LogP contribution < -0.4 is 15.0 Å². The molecular weight excluding hydrogens is 432 g/mol. The predicted molar refractivity (Wildman–Crippen MR) is 138 cm³/mol. The molecule has 2 rings (SSSR count). The number of fused-ring (bicyclic) bond motifs is 1. The highest BCUT2D eigenvalue weighted by molar-refractivity contribution is 5.89. The van der Waals surface area contributed by atoms with Gasteiger partial charge in [0.05, 0.1) is 17.0 Å². The van der Waals surface area contributed by atoms with Crippen molar-refractivity contribution in [1.82, 2.24) is 4.57 Å². The molecule has 0 saturated heterocycles. The van der Waals surface area contributed by atoms with E-state index in [1.807, 2.05) is 13.0 Å². The maximum atomic E-state index is 13.4. The second-order valence-corrected chi connectivity index (χ2v) is 9.05. The van der Waals surface area contributed by atoms with Gasteiger partial charge in [0, 0.05) is 24.1 Å². The third kappa shape index (κ3) is 7.20. The molecule has 7 heteroatoms. The first-order chi connectivity index (χ1) is 16.2. The molecule has 0 spiro atoms. The van der Waals surface area contributed by atoms with Gasteiger partial charge in [-0.3, -0.25) is 14.9 Å². The summed E-state index contributed by atoms with van der Waals surface area (Å²) in [6.07, 6.45) is 8.12. The number of nitrogens with zero attached hydrogens (tertiary/aromatic N) is 2. The zero-order valence-corrected chi connectivity index (χ0v) is 21.3. The summed E-state index contributed by atoms with van der Waals surface area (Å²) in [6, 6.07) is 4.50. The highest BCUT2D eigenvalue weighted by atomic mass is 16.6. The van der Waals surface area contributed by atoms with Crippen LogP contribution in [-0.4, -0.2) is 22.7 Å². The molecule has 0 aliphatic rings. The van der Waals surface area contributed by atoms with Crippen molar-refractivity contribution in [3.8, 4) is 11.5 Å². The van der Waals surface area contributed by atoms with Crippen LogP contribution in [0.2, 0.25) is 0 Å². The quantitative estimate of drug-likeness (QED) is 0.182. The number of aryl methyl sites for hydroxylation is 1. The molecule has 0 aliphatic carbocycles. The molecule has 2 aromatic rings. The number of allylic oxidation sites excluding steroid dienone is 3. The Bertz CT molecular complexity index is 1110. The Kier molecular flexibility index (Phi) is 10.4. The molecule has 1 unspecified atom stereocenters. The summed E-state index contributed by atoms with van der Waals surface area (Å²) in [7, 11) is 0. The number of benzene rings is 1. The van der Waals surface area contributed by atoms with E-state index in [9.17, 15) is 14.9 Å². The second-order valence-electron chi connectivity index (χ2n) is 9.05. The zero-order chi connectivity index (χ0) is 25.3. The van der Waals surface area contributed by atoms with Gasteiger partial charge in [-0.05, 0) is 65.0 Å². The van der Waals surface area contributed by atoms with Crippen LogP contribution in [0.3, 0.4) is 0 Å². The van der Waals surface area contributed by atoms with E-state index in [-0.39, 0.29) is 29.5 Å². The van der Waals surface area contributed by atoms with Gasteiger partial charge in [0.25, 0.3) is 11.2 Å². The average molecular weight is 471 g/mol. The summed E-state index contributed by atoms with van der Waals surface area (Å²) in [4.78, 5) is 24.2. The summed E-state index contributed by atoms with van der Waals surface area (Å²) < 4.78 is 13.7. The molecule has 1 atom stereocenters. The maximum Gasteiger partial charge on any atom is 0.297 e. The molecule has 0 amide bonds. The Morgan fingerprint density at radius 2 is 1.88 bits per heavy atom. The van der Waals surface area contributed by atoms with Crippen molar-refractivity contribution in [1.29, 1.82) is 0 Å². The van der Waals surface area contributed by atoms with E-state index in [1.54, 1.807) is 6.07 Å². The molecule has 1 aromatic carbocycles. The van der Waals surface area contributed by atoms with E-state index in [0.29, 0.717) is 29.8 Å². The van der Waals surface area contributed by atoms with Gasteiger partial charge < -0.3 is 14.0 Å². The van der Waals surface area contributed by atoms with Crippen molar-refractivity contribution in [2.45, 2.75) is 73.8 Å². The maximum absolute atomic E-state index is 13.4. The van der Waals surface area contributed by atoms with E-state index in [0.717, 1.165) is 25.7 Å². The molecule has 34 heavy (non-hydrogen) atoms. The van der Waals surface area contributed by atoms with E-state index in [1.165, 1.54) is 27.8 Å². The lowest BCUT2D eigenvalue weighted by Crippen LogP contribution is -2.24. The number of ether oxygens (including phenoxy) is 2. The number of nitro benzene ring substituents is 1. The van der Waals surface area contributed by atoms with Crippen LogP contribution in [0.15, 0.2) is 46.3 Å². The molecule has 1 aromatic heterocycles. The van der Waals surface area contributed by atoms with Gasteiger partial charge in [-0.15, -0.1) is 0 Å². The largest absolute Gasteiger partial charge is 0.485 e. The van der Waals surface area contributed by atoms with Crippen molar-refractivity contribution in [2.75, 3.05) is 13.2 Å². The third-order valence-corrected chi connectivity index (χ3v) is 5.73. The van der Waals surface area contributed by atoms with E-state index < -0.39 is 4.92 Å². The highest BCUT2D eigenvalue weighted by Crippen LogP contribution is 2.35. The molecule has 0 bridgehead atoms. The smallest absolute Gasteiger partial charge is 0.297 e. The summed E-state index contributed by atoms with van der Waals surface area (Å²) in [5.74, 6) is 0.801. The van der Waals surface area contributed by atoms with Gasteiger partial charge in [-0.1, -0.05) is 37.5 Å². The first kappa shape index (κ1) is 27.2. The van der Waals surface area contributed by atoms with Crippen molar-refractivity contribution in [2.24, 2.45) is 5.92 Å². The van der Waals surface area contributed by atoms with Gasteiger partial charge in [-0.2, -0.15) is 0 Å². The predicted octanol–water partition coefficient (Wildman–Crippen LogP) is 6.82. The van der Waals surface area contributed by atoms with Gasteiger partial charge in [-0.25, -0.2) is 0 Å². The summed E-state index contributed by atoms with van der Waals surface area (Å²) in [5, 5.41) is 12.0. The van der Waals surface area contributed by atoms with Gasteiger partial charge in [0.1, 0.15) is 6.61 Å². The second kappa shape index (κ2) is 13.0. The van der Waals surface area contributed by atoms with Gasteiger partial charge in [0.2, 0.25) is 5.75 Å². The molecule has 186 valence electrons. The molecule has 1 heterocycles. The number of non-ortho nitro benzene ring substituents is 1. The van der Waals surface area contributed by atoms with Gasteiger partial charge >= 0.3 is 0 Å². The van der Waals surface area contributed by atoms with Gasteiger partial charge in [0.15, 0.2) is 5.75 Å². The Labute approximate surface area is 202 Å². The molecule has 7 nitrogen and oxygen atoms in total. The number of aromatic nitrogens is 1. The fraction of sp³-hybridized carbons (Fsp3) is 0.519. The number of hydrogen-bond acceptors (Lipinski definition) is 5.